The molecule has 0 saturated carbocycles. The summed E-state index contributed by atoms with van der Waals surface area (Å²) in [5.74, 6) is 0.542. The predicted molar refractivity (Wildman–Crippen MR) is 109 cm³/mol. The van der Waals surface area contributed by atoms with Gasteiger partial charge in [0.05, 0.1) is 23.3 Å². The van der Waals surface area contributed by atoms with Crippen LogP contribution in [0.15, 0.2) is 53.4 Å². The quantitative estimate of drug-likeness (QED) is 0.705. The molecule has 1 atom stereocenters. The predicted octanol–water partition coefficient (Wildman–Crippen LogP) is 3.92. The Balaban J connectivity index is 1.65. The van der Waals surface area contributed by atoms with E-state index < -0.39 is 9.84 Å². The molecule has 1 saturated heterocycles. The van der Waals surface area contributed by atoms with E-state index in [0.717, 1.165) is 29.7 Å². The van der Waals surface area contributed by atoms with E-state index in [2.05, 4.69) is 0 Å². The molecule has 1 amide bonds. The molecule has 0 radical (unpaired) electrons. The van der Waals surface area contributed by atoms with Crippen molar-refractivity contribution in [1.29, 1.82) is 0 Å². The van der Waals surface area contributed by atoms with Crippen LogP contribution in [0.1, 0.15) is 43.4 Å². The number of carbonyl (C=O) groups excluding carboxylic acids is 1. The molecule has 0 aromatic heterocycles. The third kappa shape index (κ3) is 4.73. The minimum atomic E-state index is -3.46. The average molecular weight is 402 g/mol. The molecular weight excluding hydrogens is 374 g/mol. The summed E-state index contributed by atoms with van der Waals surface area (Å²) in [4.78, 5) is 14.9. The fourth-order valence-corrected chi connectivity index (χ4v) is 4.82. The average Bonchev–Trinajstić information content (AvgIpc) is 3.17. The summed E-state index contributed by atoms with van der Waals surface area (Å²) in [7, 11) is -3.46. The van der Waals surface area contributed by atoms with E-state index in [1.165, 1.54) is 0 Å². The lowest BCUT2D eigenvalue weighted by Gasteiger charge is -2.25. The second kappa shape index (κ2) is 8.78. The van der Waals surface area contributed by atoms with Crippen LogP contribution < -0.4 is 4.74 Å². The number of sulfone groups is 1. The maximum absolute atomic E-state index is 12.8. The van der Waals surface area contributed by atoms with Gasteiger partial charge in [-0.2, -0.15) is 0 Å². The lowest BCUT2D eigenvalue weighted by Crippen LogP contribution is -2.31. The Morgan fingerprint density at radius 3 is 2.43 bits per heavy atom. The first-order valence-corrected chi connectivity index (χ1v) is 11.4. The highest BCUT2D eigenvalue weighted by Crippen LogP contribution is 2.33. The van der Waals surface area contributed by atoms with Crippen LogP contribution in [0.5, 0.6) is 5.75 Å². The van der Waals surface area contributed by atoms with Gasteiger partial charge in [-0.3, -0.25) is 4.79 Å². The summed E-state index contributed by atoms with van der Waals surface area (Å²) < 4.78 is 30.5. The minimum absolute atomic E-state index is 0.00371. The second-order valence-corrected chi connectivity index (χ2v) is 9.24. The van der Waals surface area contributed by atoms with Crippen molar-refractivity contribution in [2.75, 3.05) is 18.9 Å². The van der Waals surface area contributed by atoms with Crippen molar-refractivity contribution in [3.8, 4) is 5.75 Å². The molecule has 28 heavy (non-hydrogen) atoms. The van der Waals surface area contributed by atoms with Gasteiger partial charge in [-0.15, -0.1) is 0 Å². The van der Waals surface area contributed by atoms with E-state index in [1.54, 1.807) is 24.3 Å². The Bertz CT molecular complexity index is 905. The minimum Gasteiger partial charge on any atom is -0.494 e. The topological polar surface area (TPSA) is 63.7 Å². The van der Waals surface area contributed by atoms with Crippen LogP contribution in [0.25, 0.3) is 0 Å². The maximum Gasteiger partial charge on any atom is 0.224 e. The lowest BCUT2D eigenvalue weighted by atomic mass is 10.0. The molecular formula is C22H27NO4S. The molecule has 0 spiro atoms. The first-order valence-electron chi connectivity index (χ1n) is 9.72. The Morgan fingerprint density at radius 1 is 1.11 bits per heavy atom. The first kappa shape index (κ1) is 20.4. The van der Waals surface area contributed by atoms with Gasteiger partial charge in [0, 0.05) is 13.0 Å². The van der Waals surface area contributed by atoms with Crippen molar-refractivity contribution >= 4 is 15.7 Å². The van der Waals surface area contributed by atoms with Gasteiger partial charge < -0.3 is 9.64 Å². The molecule has 0 N–H and O–H groups in total. The van der Waals surface area contributed by atoms with E-state index in [1.807, 2.05) is 43.0 Å². The summed E-state index contributed by atoms with van der Waals surface area (Å²) >= 11 is 0. The molecule has 2 aromatic rings. The highest BCUT2D eigenvalue weighted by molar-refractivity contribution is 7.91. The van der Waals surface area contributed by atoms with Gasteiger partial charge in [-0.1, -0.05) is 29.8 Å². The molecule has 1 aliphatic rings. The highest BCUT2D eigenvalue weighted by Gasteiger charge is 2.30. The van der Waals surface area contributed by atoms with Gasteiger partial charge in [0.15, 0.2) is 9.84 Å². The number of carbonyl (C=O) groups is 1. The molecule has 2 aromatic carbocycles. The molecule has 6 heteroatoms. The standard InChI is InChI=1S/C22H27NO4S/c1-3-27-19-10-8-18(9-11-19)21-5-4-15-23(21)22(24)14-16-28(25,26)20-12-6-17(2)7-13-20/h6-13,21H,3-5,14-16H2,1-2H3. The van der Waals surface area contributed by atoms with Crippen molar-refractivity contribution in [2.45, 2.75) is 44.0 Å². The number of amides is 1. The fourth-order valence-electron chi connectivity index (χ4n) is 3.59. The summed E-state index contributed by atoms with van der Waals surface area (Å²) in [5, 5.41) is 0. The molecule has 0 bridgehead atoms. The largest absolute Gasteiger partial charge is 0.494 e. The number of likely N-dealkylation sites (tertiary alicyclic amines) is 1. The van der Waals surface area contributed by atoms with Gasteiger partial charge >= 0.3 is 0 Å². The van der Waals surface area contributed by atoms with Crippen LogP contribution >= 0.6 is 0 Å². The van der Waals surface area contributed by atoms with Crippen molar-refractivity contribution < 1.29 is 17.9 Å². The monoisotopic (exact) mass is 401 g/mol. The van der Waals surface area contributed by atoms with E-state index in [4.69, 9.17) is 4.74 Å². The molecule has 1 fully saturated rings. The number of rotatable bonds is 7. The van der Waals surface area contributed by atoms with Crippen LogP contribution in [0.3, 0.4) is 0 Å². The van der Waals surface area contributed by atoms with E-state index in [9.17, 15) is 13.2 Å². The maximum atomic E-state index is 12.8. The van der Waals surface area contributed by atoms with E-state index in [-0.39, 0.29) is 29.0 Å². The zero-order valence-corrected chi connectivity index (χ0v) is 17.2. The van der Waals surface area contributed by atoms with Gasteiger partial charge in [-0.25, -0.2) is 8.42 Å². The Morgan fingerprint density at radius 2 is 1.79 bits per heavy atom. The van der Waals surface area contributed by atoms with Gasteiger partial charge in [0.1, 0.15) is 5.75 Å². The Kier molecular flexibility index (Phi) is 6.39. The van der Waals surface area contributed by atoms with E-state index in [0.29, 0.717) is 13.2 Å². The number of ether oxygens (including phenoxy) is 1. The third-order valence-corrected chi connectivity index (χ3v) is 6.85. The zero-order chi connectivity index (χ0) is 20.1. The Labute approximate surface area is 167 Å². The molecule has 1 aliphatic heterocycles. The van der Waals surface area contributed by atoms with Crippen molar-refractivity contribution in [1.82, 2.24) is 4.90 Å². The van der Waals surface area contributed by atoms with Crippen LogP contribution in [-0.4, -0.2) is 38.1 Å². The van der Waals surface area contributed by atoms with Crippen molar-refractivity contribution in [2.24, 2.45) is 0 Å². The molecule has 1 heterocycles. The smallest absolute Gasteiger partial charge is 0.224 e. The van der Waals surface area contributed by atoms with Gasteiger partial charge in [0.25, 0.3) is 0 Å². The van der Waals surface area contributed by atoms with Crippen LogP contribution in [0.2, 0.25) is 0 Å². The number of hydrogen-bond acceptors (Lipinski definition) is 4. The molecule has 150 valence electrons. The zero-order valence-electron chi connectivity index (χ0n) is 16.4. The second-order valence-electron chi connectivity index (χ2n) is 7.13. The number of benzene rings is 2. The van der Waals surface area contributed by atoms with Crippen LogP contribution in [0, 0.1) is 6.92 Å². The van der Waals surface area contributed by atoms with Gasteiger partial charge in [-0.05, 0) is 56.5 Å². The lowest BCUT2D eigenvalue weighted by molar-refractivity contribution is -0.131. The SMILES string of the molecule is CCOc1ccc(C2CCCN2C(=O)CCS(=O)(=O)c2ccc(C)cc2)cc1. The molecule has 3 rings (SSSR count). The molecule has 5 nitrogen and oxygen atoms in total. The van der Waals surface area contributed by atoms with E-state index >= 15 is 0 Å². The summed E-state index contributed by atoms with van der Waals surface area (Å²) in [5.41, 5.74) is 2.07. The first-order chi connectivity index (χ1) is 13.4. The van der Waals surface area contributed by atoms with Gasteiger partial charge in [0.2, 0.25) is 5.91 Å². The van der Waals surface area contributed by atoms with Crippen molar-refractivity contribution in [3.05, 3.63) is 59.7 Å². The Hall–Kier alpha value is -2.34. The number of aryl methyl sites for hydroxylation is 1. The normalized spacial score (nSPS) is 16.9. The number of nitrogens with zero attached hydrogens (tertiary/aromatic N) is 1. The van der Waals surface area contributed by atoms with Crippen LogP contribution in [0.4, 0.5) is 0 Å². The third-order valence-electron chi connectivity index (χ3n) is 5.11. The van der Waals surface area contributed by atoms with Crippen LogP contribution in [-0.2, 0) is 14.6 Å². The molecule has 0 aliphatic carbocycles. The number of hydrogen-bond donors (Lipinski definition) is 0. The fraction of sp³-hybridized carbons (Fsp3) is 0.409. The van der Waals surface area contributed by atoms with Crippen molar-refractivity contribution in [3.63, 3.8) is 0 Å². The summed E-state index contributed by atoms with van der Waals surface area (Å²) in [6.07, 6.45) is 1.82. The molecule has 1 unspecified atom stereocenters. The summed E-state index contributed by atoms with van der Waals surface area (Å²) in [6, 6.07) is 14.6. The highest BCUT2D eigenvalue weighted by atomic mass is 32.2. The summed E-state index contributed by atoms with van der Waals surface area (Å²) in [6.45, 7) is 5.13.